The number of aryl methyl sites for hydroxylation is 1. The van der Waals surface area contributed by atoms with E-state index < -0.39 is 0 Å². The number of nitrogens with one attached hydrogen (secondary N) is 1. The van der Waals surface area contributed by atoms with E-state index in [9.17, 15) is 9.18 Å². The maximum Gasteiger partial charge on any atom is 0.251 e. The number of halogens is 1. The highest BCUT2D eigenvalue weighted by molar-refractivity contribution is 5.95. The first-order valence-corrected chi connectivity index (χ1v) is 5.79. The molecule has 0 aromatic heterocycles. The van der Waals surface area contributed by atoms with Crippen LogP contribution >= 0.6 is 0 Å². The van der Waals surface area contributed by atoms with Crippen molar-refractivity contribution in [3.05, 3.63) is 35.1 Å². The van der Waals surface area contributed by atoms with Gasteiger partial charge in [-0.25, -0.2) is 4.39 Å². The molecule has 1 aromatic carbocycles. The van der Waals surface area contributed by atoms with Crippen LogP contribution in [-0.2, 0) is 4.74 Å². The number of carbonyl (C=O) groups excluding carboxylic acids is 1. The lowest BCUT2D eigenvalue weighted by Gasteiger charge is -2.10. The van der Waals surface area contributed by atoms with Crippen LogP contribution < -0.4 is 5.32 Å². The molecule has 1 fully saturated rings. The van der Waals surface area contributed by atoms with E-state index in [4.69, 9.17) is 4.74 Å². The molecule has 3 nitrogen and oxygen atoms in total. The van der Waals surface area contributed by atoms with Crippen molar-refractivity contribution in [1.82, 2.24) is 5.32 Å². The fourth-order valence-electron chi connectivity index (χ4n) is 1.96. The second-order valence-electron chi connectivity index (χ2n) is 4.40. The molecule has 1 saturated heterocycles. The summed E-state index contributed by atoms with van der Waals surface area (Å²) >= 11 is 0. The molecule has 0 saturated carbocycles. The number of benzene rings is 1. The maximum atomic E-state index is 12.9. The van der Waals surface area contributed by atoms with Crippen molar-refractivity contribution >= 4 is 5.91 Å². The summed E-state index contributed by atoms with van der Waals surface area (Å²) in [5, 5.41) is 2.86. The molecular formula is C13H16FNO2. The van der Waals surface area contributed by atoms with E-state index in [0.717, 1.165) is 13.0 Å². The van der Waals surface area contributed by atoms with Gasteiger partial charge in [-0.1, -0.05) is 0 Å². The van der Waals surface area contributed by atoms with Gasteiger partial charge in [0, 0.05) is 24.6 Å². The van der Waals surface area contributed by atoms with Crippen LogP contribution in [0.25, 0.3) is 0 Å². The molecule has 1 N–H and O–H groups in total. The van der Waals surface area contributed by atoms with Crippen molar-refractivity contribution in [2.24, 2.45) is 5.92 Å². The van der Waals surface area contributed by atoms with Crippen molar-refractivity contribution in [2.75, 3.05) is 19.8 Å². The molecule has 1 amide bonds. The van der Waals surface area contributed by atoms with Gasteiger partial charge in [0.15, 0.2) is 0 Å². The molecule has 0 spiro atoms. The molecule has 0 aliphatic carbocycles. The Labute approximate surface area is 100.0 Å². The van der Waals surface area contributed by atoms with Crippen molar-refractivity contribution in [3.63, 3.8) is 0 Å². The number of hydrogen-bond donors (Lipinski definition) is 1. The van der Waals surface area contributed by atoms with Crippen LogP contribution in [-0.4, -0.2) is 25.7 Å². The van der Waals surface area contributed by atoms with E-state index >= 15 is 0 Å². The molecule has 4 heteroatoms. The van der Waals surface area contributed by atoms with E-state index in [-0.39, 0.29) is 11.7 Å². The first-order valence-electron chi connectivity index (χ1n) is 5.79. The Balaban J connectivity index is 1.94. The fourth-order valence-corrected chi connectivity index (χ4v) is 1.96. The molecule has 92 valence electrons. The molecule has 1 aliphatic heterocycles. The summed E-state index contributed by atoms with van der Waals surface area (Å²) in [5.41, 5.74) is 1.19. The van der Waals surface area contributed by atoms with E-state index in [1.165, 1.54) is 18.2 Å². The van der Waals surface area contributed by atoms with Gasteiger partial charge in [0.2, 0.25) is 0 Å². The van der Waals surface area contributed by atoms with Crippen LogP contribution in [0.1, 0.15) is 22.3 Å². The summed E-state index contributed by atoms with van der Waals surface area (Å²) in [4.78, 5) is 11.9. The van der Waals surface area contributed by atoms with Gasteiger partial charge in [0.05, 0.1) is 6.61 Å². The van der Waals surface area contributed by atoms with Crippen LogP contribution in [0.5, 0.6) is 0 Å². The Hall–Kier alpha value is -1.42. The highest BCUT2D eigenvalue weighted by Crippen LogP contribution is 2.12. The molecule has 17 heavy (non-hydrogen) atoms. The zero-order chi connectivity index (χ0) is 12.3. The number of carbonyl (C=O) groups is 1. The topological polar surface area (TPSA) is 38.3 Å². The Morgan fingerprint density at radius 1 is 1.59 bits per heavy atom. The van der Waals surface area contributed by atoms with Crippen molar-refractivity contribution in [2.45, 2.75) is 13.3 Å². The minimum atomic E-state index is -0.316. The summed E-state index contributed by atoms with van der Waals surface area (Å²) in [7, 11) is 0. The minimum absolute atomic E-state index is 0.144. The van der Waals surface area contributed by atoms with Crippen LogP contribution in [0.3, 0.4) is 0 Å². The summed E-state index contributed by atoms with van der Waals surface area (Å²) < 4.78 is 18.1. The summed E-state index contributed by atoms with van der Waals surface area (Å²) in [6, 6.07) is 4.19. The van der Waals surface area contributed by atoms with Gasteiger partial charge >= 0.3 is 0 Å². The Morgan fingerprint density at radius 2 is 2.41 bits per heavy atom. The van der Waals surface area contributed by atoms with Crippen molar-refractivity contribution in [1.29, 1.82) is 0 Å². The molecule has 1 atom stereocenters. The van der Waals surface area contributed by atoms with Gasteiger partial charge < -0.3 is 10.1 Å². The Morgan fingerprint density at radius 3 is 3.06 bits per heavy atom. The van der Waals surface area contributed by atoms with E-state index in [1.54, 1.807) is 6.92 Å². The predicted octanol–water partition coefficient (Wildman–Crippen LogP) is 1.90. The third-order valence-corrected chi connectivity index (χ3v) is 3.01. The maximum absolute atomic E-state index is 12.9. The Kier molecular flexibility index (Phi) is 3.74. The smallest absolute Gasteiger partial charge is 0.251 e. The molecule has 1 aliphatic rings. The lowest BCUT2D eigenvalue weighted by molar-refractivity contribution is 0.0944. The molecule has 1 aromatic rings. The first kappa shape index (κ1) is 12.0. The van der Waals surface area contributed by atoms with Crippen molar-refractivity contribution < 1.29 is 13.9 Å². The van der Waals surface area contributed by atoms with E-state index in [1.807, 2.05) is 0 Å². The van der Waals surface area contributed by atoms with Crippen LogP contribution in [0, 0.1) is 18.7 Å². The van der Waals surface area contributed by atoms with Crippen molar-refractivity contribution in [3.8, 4) is 0 Å². The third kappa shape index (κ3) is 3.03. The zero-order valence-corrected chi connectivity index (χ0v) is 9.83. The van der Waals surface area contributed by atoms with E-state index in [2.05, 4.69) is 5.32 Å². The summed E-state index contributed by atoms with van der Waals surface area (Å²) in [5.74, 6) is -0.0580. The number of hydrogen-bond acceptors (Lipinski definition) is 2. The lowest BCUT2D eigenvalue weighted by Crippen LogP contribution is -2.30. The Bertz CT molecular complexity index is 414. The third-order valence-electron chi connectivity index (χ3n) is 3.01. The molecule has 1 unspecified atom stereocenters. The minimum Gasteiger partial charge on any atom is -0.381 e. The number of ether oxygens (including phenoxy) is 1. The van der Waals surface area contributed by atoms with Gasteiger partial charge in [-0.3, -0.25) is 4.79 Å². The van der Waals surface area contributed by atoms with Gasteiger partial charge in [-0.2, -0.15) is 0 Å². The van der Waals surface area contributed by atoms with Gasteiger partial charge in [-0.15, -0.1) is 0 Å². The first-order chi connectivity index (χ1) is 8.16. The fraction of sp³-hybridized carbons (Fsp3) is 0.462. The molecule has 0 bridgehead atoms. The quantitative estimate of drug-likeness (QED) is 0.872. The highest BCUT2D eigenvalue weighted by Gasteiger charge is 2.17. The lowest BCUT2D eigenvalue weighted by atomic mass is 10.1. The van der Waals surface area contributed by atoms with Gasteiger partial charge in [0.1, 0.15) is 5.82 Å². The second kappa shape index (κ2) is 5.27. The predicted molar refractivity (Wildman–Crippen MR) is 62.4 cm³/mol. The number of rotatable bonds is 3. The van der Waals surface area contributed by atoms with Gasteiger partial charge in [-0.05, 0) is 37.1 Å². The van der Waals surface area contributed by atoms with Gasteiger partial charge in [0.25, 0.3) is 5.91 Å². The summed E-state index contributed by atoms with van der Waals surface area (Å²) in [6.07, 6.45) is 0.989. The zero-order valence-electron chi connectivity index (χ0n) is 9.83. The largest absolute Gasteiger partial charge is 0.381 e. The van der Waals surface area contributed by atoms with Crippen LogP contribution in [0.2, 0.25) is 0 Å². The average Bonchev–Trinajstić information content (AvgIpc) is 2.78. The highest BCUT2D eigenvalue weighted by atomic mass is 19.1. The second-order valence-corrected chi connectivity index (χ2v) is 4.40. The van der Waals surface area contributed by atoms with Crippen LogP contribution in [0.15, 0.2) is 18.2 Å². The molecule has 2 rings (SSSR count). The van der Waals surface area contributed by atoms with Crippen LogP contribution in [0.4, 0.5) is 4.39 Å². The average molecular weight is 237 g/mol. The summed E-state index contributed by atoms with van der Waals surface area (Å²) in [6.45, 7) is 3.84. The number of amides is 1. The van der Waals surface area contributed by atoms with E-state index in [0.29, 0.717) is 30.2 Å². The molecular weight excluding hydrogens is 221 g/mol. The SMILES string of the molecule is Cc1cc(F)ccc1C(=O)NCC1CCOC1. The molecule has 0 radical (unpaired) electrons. The molecule has 1 heterocycles. The standard InChI is InChI=1S/C13H16FNO2/c1-9-6-11(14)2-3-12(9)13(16)15-7-10-4-5-17-8-10/h2-3,6,10H,4-5,7-8H2,1H3,(H,15,16). The normalized spacial score (nSPS) is 19.3. The monoisotopic (exact) mass is 237 g/mol.